The van der Waals surface area contributed by atoms with Crippen LogP contribution in [0.5, 0.6) is 11.5 Å². The lowest BCUT2D eigenvalue weighted by Gasteiger charge is -2.32. The fourth-order valence-electron chi connectivity index (χ4n) is 3.65. The van der Waals surface area contributed by atoms with E-state index in [0.29, 0.717) is 43.0 Å². The van der Waals surface area contributed by atoms with Gasteiger partial charge in [-0.3, -0.25) is 9.59 Å². The second kappa shape index (κ2) is 9.45. The van der Waals surface area contributed by atoms with E-state index in [1.165, 1.54) is 0 Å². The van der Waals surface area contributed by atoms with Crippen molar-refractivity contribution in [2.75, 3.05) is 27.3 Å². The van der Waals surface area contributed by atoms with Gasteiger partial charge in [-0.15, -0.1) is 0 Å². The van der Waals surface area contributed by atoms with Crippen LogP contribution in [0.2, 0.25) is 0 Å². The molecule has 0 aromatic heterocycles. The normalized spacial score (nSPS) is 15.5. The number of benzene rings is 2. The van der Waals surface area contributed by atoms with Gasteiger partial charge in [0, 0.05) is 24.6 Å². The Morgan fingerprint density at radius 1 is 1.00 bits per heavy atom. The molecule has 0 saturated carbocycles. The predicted molar refractivity (Wildman–Crippen MR) is 111 cm³/mol. The van der Waals surface area contributed by atoms with Crippen LogP contribution in [0.3, 0.4) is 0 Å². The van der Waals surface area contributed by atoms with Gasteiger partial charge < -0.3 is 19.7 Å². The molecule has 1 unspecified atom stereocenters. The number of methoxy groups -OCH3 is 2. The molecule has 2 amide bonds. The van der Waals surface area contributed by atoms with Gasteiger partial charge in [0.05, 0.1) is 20.3 Å². The lowest BCUT2D eigenvalue weighted by atomic mass is 9.94. The van der Waals surface area contributed by atoms with Crippen LogP contribution in [0.1, 0.15) is 41.7 Å². The molecule has 154 valence electrons. The van der Waals surface area contributed by atoms with E-state index in [1.54, 1.807) is 37.3 Å². The number of ether oxygens (including phenoxy) is 2. The van der Waals surface area contributed by atoms with E-state index in [1.807, 2.05) is 37.3 Å². The van der Waals surface area contributed by atoms with Gasteiger partial charge in [-0.2, -0.15) is 0 Å². The largest absolute Gasteiger partial charge is 0.493 e. The lowest BCUT2D eigenvalue weighted by Crippen LogP contribution is -2.43. The number of piperidine rings is 1. The van der Waals surface area contributed by atoms with E-state index in [4.69, 9.17) is 9.47 Å². The zero-order valence-electron chi connectivity index (χ0n) is 17.2. The van der Waals surface area contributed by atoms with Crippen molar-refractivity contribution in [2.24, 2.45) is 5.92 Å². The number of carbonyl (C=O) groups excluding carboxylic acids is 2. The predicted octanol–water partition coefficient (Wildman–Crippen LogP) is 3.43. The summed E-state index contributed by atoms with van der Waals surface area (Å²) in [4.78, 5) is 27.3. The number of hydrogen-bond donors (Lipinski definition) is 1. The smallest absolute Gasteiger partial charge is 0.253 e. The third kappa shape index (κ3) is 4.88. The van der Waals surface area contributed by atoms with Crippen molar-refractivity contribution in [3.8, 4) is 11.5 Å². The van der Waals surface area contributed by atoms with Crippen LogP contribution in [0.4, 0.5) is 0 Å². The molecule has 0 radical (unpaired) electrons. The summed E-state index contributed by atoms with van der Waals surface area (Å²) in [7, 11) is 3.11. The van der Waals surface area contributed by atoms with Crippen molar-refractivity contribution in [3.05, 3.63) is 59.7 Å². The summed E-state index contributed by atoms with van der Waals surface area (Å²) in [6.07, 6.45) is 1.32. The van der Waals surface area contributed by atoms with Gasteiger partial charge in [-0.05, 0) is 43.5 Å². The minimum atomic E-state index is -0.0735. The zero-order valence-corrected chi connectivity index (χ0v) is 17.2. The Balaban J connectivity index is 1.56. The first kappa shape index (κ1) is 20.7. The van der Waals surface area contributed by atoms with Gasteiger partial charge >= 0.3 is 0 Å². The molecule has 0 bridgehead atoms. The standard InChI is InChI=1S/C23H28N2O4/c1-16(17-7-5-4-6-8-17)24-22(26)18-11-13-25(14-12-18)23(27)19-9-10-20(28-2)21(15-19)29-3/h4-10,15-16,18H,11-14H2,1-3H3,(H,24,26). The minimum absolute atomic E-state index is 0.0323. The van der Waals surface area contributed by atoms with Crippen molar-refractivity contribution in [1.29, 1.82) is 0 Å². The molecule has 1 aliphatic rings. The summed E-state index contributed by atoms with van der Waals surface area (Å²) in [5.74, 6) is 1.05. The van der Waals surface area contributed by atoms with Crippen molar-refractivity contribution in [2.45, 2.75) is 25.8 Å². The third-order valence-electron chi connectivity index (χ3n) is 5.44. The molecule has 3 rings (SSSR count). The topological polar surface area (TPSA) is 67.9 Å². The number of likely N-dealkylation sites (tertiary alicyclic amines) is 1. The number of rotatable bonds is 6. The highest BCUT2D eigenvalue weighted by Crippen LogP contribution is 2.29. The van der Waals surface area contributed by atoms with Crippen LogP contribution in [-0.2, 0) is 4.79 Å². The number of hydrogen-bond acceptors (Lipinski definition) is 4. The van der Waals surface area contributed by atoms with Crippen LogP contribution >= 0.6 is 0 Å². The Morgan fingerprint density at radius 2 is 1.66 bits per heavy atom. The molecular formula is C23H28N2O4. The van der Waals surface area contributed by atoms with E-state index < -0.39 is 0 Å². The maximum Gasteiger partial charge on any atom is 0.253 e. The maximum atomic E-state index is 12.8. The Hall–Kier alpha value is -3.02. The Labute approximate surface area is 171 Å². The zero-order chi connectivity index (χ0) is 20.8. The van der Waals surface area contributed by atoms with E-state index >= 15 is 0 Å². The molecule has 2 aromatic carbocycles. The summed E-state index contributed by atoms with van der Waals surface area (Å²) in [5, 5.41) is 3.10. The summed E-state index contributed by atoms with van der Waals surface area (Å²) >= 11 is 0. The second-order valence-electron chi connectivity index (χ2n) is 7.28. The van der Waals surface area contributed by atoms with Gasteiger partial charge in [-0.1, -0.05) is 30.3 Å². The number of nitrogens with one attached hydrogen (secondary N) is 1. The van der Waals surface area contributed by atoms with Crippen molar-refractivity contribution in [1.82, 2.24) is 10.2 Å². The first-order chi connectivity index (χ1) is 14.0. The van der Waals surface area contributed by atoms with Crippen LogP contribution in [0, 0.1) is 5.92 Å². The second-order valence-corrected chi connectivity index (χ2v) is 7.28. The van der Waals surface area contributed by atoms with Gasteiger partial charge in [0.25, 0.3) is 5.91 Å². The van der Waals surface area contributed by atoms with E-state index in [-0.39, 0.29) is 23.8 Å². The van der Waals surface area contributed by atoms with Crippen molar-refractivity contribution < 1.29 is 19.1 Å². The molecule has 6 nitrogen and oxygen atoms in total. The SMILES string of the molecule is COc1ccc(C(=O)N2CCC(C(=O)NC(C)c3ccccc3)CC2)cc1OC. The molecule has 1 atom stereocenters. The average molecular weight is 396 g/mol. The summed E-state index contributed by atoms with van der Waals surface area (Å²) in [6, 6.07) is 15.1. The minimum Gasteiger partial charge on any atom is -0.493 e. The molecule has 1 heterocycles. The summed E-state index contributed by atoms with van der Waals surface area (Å²) < 4.78 is 10.5. The molecule has 2 aromatic rings. The van der Waals surface area contributed by atoms with E-state index in [2.05, 4.69) is 5.32 Å². The first-order valence-corrected chi connectivity index (χ1v) is 9.90. The highest BCUT2D eigenvalue weighted by Gasteiger charge is 2.29. The monoisotopic (exact) mass is 396 g/mol. The van der Waals surface area contributed by atoms with Crippen molar-refractivity contribution >= 4 is 11.8 Å². The van der Waals surface area contributed by atoms with Crippen LogP contribution in [-0.4, -0.2) is 44.0 Å². The molecule has 6 heteroatoms. The summed E-state index contributed by atoms with van der Waals surface area (Å²) in [6.45, 7) is 3.11. The molecular weight excluding hydrogens is 368 g/mol. The van der Waals surface area contributed by atoms with E-state index in [9.17, 15) is 9.59 Å². The Bertz CT molecular complexity index is 845. The molecule has 1 saturated heterocycles. The Morgan fingerprint density at radius 3 is 2.28 bits per heavy atom. The average Bonchev–Trinajstić information content (AvgIpc) is 2.78. The van der Waals surface area contributed by atoms with Gasteiger partial charge in [0.15, 0.2) is 11.5 Å². The van der Waals surface area contributed by atoms with Gasteiger partial charge in [0.2, 0.25) is 5.91 Å². The quantitative estimate of drug-likeness (QED) is 0.812. The van der Waals surface area contributed by atoms with Crippen LogP contribution in [0.25, 0.3) is 0 Å². The molecule has 0 spiro atoms. The fourth-order valence-corrected chi connectivity index (χ4v) is 3.65. The lowest BCUT2D eigenvalue weighted by molar-refractivity contribution is -0.126. The summed E-state index contributed by atoms with van der Waals surface area (Å²) in [5.41, 5.74) is 1.64. The number of nitrogens with zero attached hydrogens (tertiary/aromatic N) is 1. The molecule has 29 heavy (non-hydrogen) atoms. The van der Waals surface area contributed by atoms with Gasteiger partial charge in [-0.25, -0.2) is 0 Å². The van der Waals surface area contributed by atoms with Gasteiger partial charge in [0.1, 0.15) is 0 Å². The van der Waals surface area contributed by atoms with Crippen LogP contribution in [0.15, 0.2) is 48.5 Å². The first-order valence-electron chi connectivity index (χ1n) is 9.90. The van der Waals surface area contributed by atoms with Crippen molar-refractivity contribution in [3.63, 3.8) is 0 Å². The highest BCUT2D eigenvalue weighted by atomic mass is 16.5. The molecule has 1 aliphatic heterocycles. The van der Waals surface area contributed by atoms with Crippen LogP contribution < -0.4 is 14.8 Å². The number of amides is 2. The molecule has 1 fully saturated rings. The number of carbonyl (C=O) groups is 2. The fraction of sp³-hybridized carbons (Fsp3) is 0.391. The highest BCUT2D eigenvalue weighted by molar-refractivity contribution is 5.95. The Kier molecular flexibility index (Phi) is 6.75. The third-order valence-corrected chi connectivity index (χ3v) is 5.44. The van der Waals surface area contributed by atoms with E-state index in [0.717, 1.165) is 5.56 Å². The molecule has 0 aliphatic carbocycles. The maximum absolute atomic E-state index is 12.8. The molecule has 1 N–H and O–H groups in total.